The zero-order valence-electron chi connectivity index (χ0n) is 10.1. The Hall–Kier alpha value is -0.610. The minimum atomic E-state index is -0.757. The third-order valence-corrected chi connectivity index (χ3v) is 3.85. The van der Waals surface area contributed by atoms with E-state index in [1.807, 2.05) is 0 Å². The lowest BCUT2D eigenvalue weighted by Crippen LogP contribution is -2.47. The first-order valence-electron chi connectivity index (χ1n) is 6.01. The van der Waals surface area contributed by atoms with Gasteiger partial charge in [0.05, 0.1) is 5.60 Å². The Bertz CT molecular complexity index is 282. The molecule has 0 aromatic heterocycles. The molecule has 0 aromatic rings. The van der Waals surface area contributed by atoms with Crippen molar-refractivity contribution in [2.75, 3.05) is 19.8 Å². The Labute approximate surface area is 96.4 Å². The van der Waals surface area contributed by atoms with Crippen LogP contribution in [-0.4, -0.2) is 36.4 Å². The predicted octanol–water partition coefficient (Wildman–Crippen LogP) is 0.690. The summed E-state index contributed by atoms with van der Waals surface area (Å²) < 4.78 is 5.19. The van der Waals surface area contributed by atoms with Crippen LogP contribution in [0.4, 0.5) is 0 Å². The normalized spacial score (nSPS) is 30.8. The van der Waals surface area contributed by atoms with Crippen LogP contribution in [0.25, 0.3) is 0 Å². The van der Waals surface area contributed by atoms with Gasteiger partial charge >= 0.3 is 0 Å². The van der Waals surface area contributed by atoms with Gasteiger partial charge in [-0.2, -0.15) is 0 Å². The quantitative estimate of drug-likeness (QED) is 0.746. The first-order valence-corrected chi connectivity index (χ1v) is 6.01. The Kier molecular flexibility index (Phi) is 2.97. The smallest absolute Gasteiger partial charge is 0.223 e. The van der Waals surface area contributed by atoms with Gasteiger partial charge in [-0.3, -0.25) is 4.79 Å². The second-order valence-corrected chi connectivity index (χ2v) is 5.80. The number of ether oxygens (including phenoxy) is 1. The van der Waals surface area contributed by atoms with Gasteiger partial charge in [0, 0.05) is 38.5 Å². The van der Waals surface area contributed by atoms with Crippen LogP contribution in [0.15, 0.2) is 0 Å². The molecule has 1 atom stereocenters. The molecule has 0 spiro atoms. The highest BCUT2D eigenvalue weighted by molar-refractivity contribution is 5.82. The second-order valence-electron chi connectivity index (χ2n) is 5.80. The lowest BCUT2D eigenvalue weighted by molar-refractivity contribution is -0.125. The lowest BCUT2D eigenvalue weighted by Gasteiger charge is -2.32. The summed E-state index contributed by atoms with van der Waals surface area (Å²) in [6.45, 7) is 5.73. The van der Waals surface area contributed by atoms with E-state index < -0.39 is 5.60 Å². The van der Waals surface area contributed by atoms with Crippen molar-refractivity contribution in [3.05, 3.63) is 0 Å². The summed E-state index contributed by atoms with van der Waals surface area (Å²) in [6.07, 6.45) is 2.18. The van der Waals surface area contributed by atoms with Gasteiger partial charge in [-0.05, 0) is 11.8 Å². The standard InChI is InChI=1S/C12H21NO3/c1-11(2)7-9(11)10(14)13-8-12(15)3-5-16-6-4-12/h9,15H,3-8H2,1-2H3,(H,13,14). The van der Waals surface area contributed by atoms with Crippen molar-refractivity contribution >= 4 is 5.91 Å². The third-order valence-electron chi connectivity index (χ3n) is 3.85. The molecule has 0 radical (unpaired) electrons. The molecule has 1 aliphatic heterocycles. The highest BCUT2D eigenvalue weighted by atomic mass is 16.5. The fourth-order valence-corrected chi connectivity index (χ4v) is 2.22. The van der Waals surface area contributed by atoms with Crippen LogP contribution in [0.3, 0.4) is 0 Å². The van der Waals surface area contributed by atoms with E-state index in [0.29, 0.717) is 32.6 Å². The van der Waals surface area contributed by atoms with Crippen LogP contribution in [0.1, 0.15) is 33.1 Å². The van der Waals surface area contributed by atoms with Gasteiger partial charge in [0.2, 0.25) is 5.91 Å². The van der Waals surface area contributed by atoms with Crippen LogP contribution in [0.2, 0.25) is 0 Å². The fourth-order valence-electron chi connectivity index (χ4n) is 2.22. The largest absolute Gasteiger partial charge is 0.388 e. The molecule has 2 rings (SSSR count). The van der Waals surface area contributed by atoms with Gasteiger partial charge in [0.15, 0.2) is 0 Å². The van der Waals surface area contributed by atoms with Gasteiger partial charge < -0.3 is 15.2 Å². The molecular formula is C12H21NO3. The van der Waals surface area contributed by atoms with Crippen LogP contribution in [0, 0.1) is 11.3 Å². The van der Waals surface area contributed by atoms with Crippen molar-refractivity contribution in [3.8, 4) is 0 Å². The molecular weight excluding hydrogens is 206 g/mol. The molecule has 1 heterocycles. The molecule has 4 nitrogen and oxygen atoms in total. The van der Waals surface area contributed by atoms with Crippen molar-refractivity contribution in [2.45, 2.75) is 38.7 Å². The van der Waals surface area contributed by atoms with Crippen molar-refractivity contribution in [2.24, 2.45) is 11.3 Å². The Morgan fingerprint density at radius 2 is 2.00 bits per heavy atom. The molecule has 16 heavy (non-hydrogen) atoms. The van der Waals surface area contributed by atoms with E-state index in [2.05, 4.69) is 19.2 Å². The lowest BCUT2D eigenvalue weighted by atomic mass is 9.94. The minimum absolute atomic E-state index is 0.0879. The number of nitrogens with one attached hydrogen (secondary N) is 1. The Morgan fingerprint density at radius 3 is 2.50 bits per heavy atom. The molecule has 2 fully saturated rings. The Morgan fingerprint density at radius 1 is 1.44 bits per heavy atom. The van der Waals surface area contributed by atoms with Crippen LogP contribution < -0.4 is 5.32 Å². The third kappa shape index (κ3) is 2.55. The maximum absolute atomic E-state index is 11.8. The van der Waals surface area contributed by atoms with Crippen molar-refractivity contribution < 1.29 is 14.6 Å². The fraction of sp³-hybridized carbons (Fsp3) is 0.917. The van der Waals surface area contributed by atoms with Gasteiger partial charge in [-0.25, -0.2) is 0 Å². The maximum Gasteiger partial charge on any atom is 0.223 e. The molecule has 1 saturated carbocycles. The Balaban J connectivity index is 1.76. The van der Waals surface area contributed by atoms with Crippen molar-refractivity contribution in [1.82, 2.24) is 5.32 Å². The molecule has 2 N–H and O–H groups in total. The summed E-state index contributed by atoms with van der Waals surface area (Å²) in [5.74, 6) is 0.223. The second kappa shape index (κ2) is 4.00. The summed E-state index contributed by atoms with van der Waals surface area (Å²) in [5.41, 5.74) is -0.602. The van der Waals surface area contributed by atoms with E-state index in [1.54, 1.807) is 0 Å². The minimum Gasteiger partial charge on any atom is -0.388 e. The topological polar surface area (TPSA) is 58.6 Å². The zero-order chi connectivity index (χ0) is 11.8. The molecule has 1 unspecified atom stereocenters. The van der Waals surface area contributed by atoms with E-state index in [-0.39, 0.29) is 17.2 Å². The summed E-state index contributed by atoms with van der Waals surface area (Å²) in [7, 11) is 0. The average Bonchev–Trinajstić information content (AvgIpc) is 2.86. The summed E-state index contributed by atoms with van der Waals surface area (Å²) in [6, 6.07) is 0. The van der Waals surface area contributed by atoms with Gasteiger partial charge in [0.1, 0.15) is 0 Å². The van der Waals surface area contributed by atoms with E-state index in [9.17, 15) is 9.90 Å². The molecule has 1 aliphatic carbocycles. The van der Waals surface area contributed by atoms with Crippen LogP contribution in [0.5, 0.6) is 0 Å². The number of hydrogen-bond donors (Lipinski definition) is 2. The first-order chi connectivity index (χ1) is 7.43. The number of carbonyl (C=O) groups excluding carboxylic acids is 1. The highest BCUT2D eigenvalue weighted by Crippen LogP contribution is 2.51. The molecule has 1 saturated heterocycles. The SMILES string of the molecule is CC1(C)CC1C(=O)NCC1(O)CCOCC1. The van der Waals surface area contributed by atoms with Crippen molar-refractivity contribution in [3.63, 3.8) is 0 Å². The molecule has 0 aromatic carbocycles. The van der Waals surface area contributed by atoms with E-state index in [0.717, 1.165) is 6.42 Å². The molecule has 2 aliphatic rings. The number of hydrogen-bond acceptors (Lipinski definition) is 3. The molecule has 4 heteroatoms. The molecule has 1 amide bonds. The average molecular weight is 227 g/mol. The van der Waals surface area contributed by atoms with Gasteiger partial charge in [-0.1, -0.05) is 13.8 Å². The first kappa shape index (κ1) is 11.9. The summed E-state index contributed by atoms with van der Waals surface area (Å²) in [5, 5.41) is 13.0. The van der Waals surface area contributed by atoms with E-state index >= 15 is 0 Å². The van der Waals surface area contributed by atoms with Crippen LogP contribution in [-0.2, 0) is 9.53 Å². The number of aliphatic hydroxyl groups is 1. The summed E-state index contributed by atoms with van der Waals surface area (Å²) in [4.78, 5) is 11.8. The number of rotatable bonds is 3. The molecule has 0 bridgehead atoms. The van der Waals surface area contributed by atoms with Gasteiger partial charge in [0.25, 0.3) is 0 Å². The summed E-state index contributed by atoms with van der Waals surface area (Å²) >= 11 is 0. The molecule has 92 valence electrons. The van der Waals surface area contributed by atoms with E-state index in [1.165, 1.54) is 0 Å². The van der Waals surface area contributed by atoms with Gasteiger partial charge in [-0.15, -0.1) is 0 Å². The number of amides is 1. The predicted molar refractivity (Wildman–Crippen MR) is 59.9 cm³/mol. The maximum atomic E-state index is 11.8. The number of carbonyl (C=O) groups is 1. The van der Waals surface area contributed by atoms with Crippen molar-refractivity contribution in [1.29, 1.82) is 0 Å². The zero-order valence-corrected chi connectivity index (χ0v) is 10.1. The van der Waals surface area contributed by atoms with Crippen LogP contribution >= 0.6 is 0 Å². The highest BCUT2D eigenvalue weighted by Gasteiger charge is 2.50. The monoisotopic (exact) mass is 227 g/mol. The van der Waals surface area contributed by atoms with E-state index in [4.69, 9.17) is 4.74 Å².